The van der Waals surface area contributed by atoms with Crippen molar-refractivity contribution in [1.29, 1.82) is 0 Å². The number of morpholine rings is 1. The lowest BCUT2D eigenvalue weighted by Gasteiger charge is -2.69. The van der Waals surface area contributed by atoms with Crippen LogP contribution in [-0.2, 0) is 24.7 Å². The molecule has 5 aliphatic rings. The first-order valence-corrected chi connectivity index (χ1v) is 14.8. The summed E-state index contributed by atoms with van der Waals surface area (Å²) in [4.78, 5) is 20.2. The van der Waals surface area contributed by atoms with Crippen molar-refractivity contribution in [3.8, 4) is 0 Å². The Morgan fingerprint density at radius 2 is 1.86 bits per heavy atom. The number of sulfone groups is 1. The van der Waals surface area contributed by atoms with Gasteiger partial charge in [-0.05, 0) is 62.4 Å². The molecule has 184 valence electrons. The van der Waals surface area contributed by atoms with Crippen molar-refractivity contribution in [2.24, 2.45) is 0 Å². The number of carbonyl (C=O) groups is 1. The standard InChI is InChI=1S/C25H27N3O5S2/c1-35(30,31)25(6-7-25)20-5-3-18(33-20)21(29)27-24-13-23(14-24,15-24)22-26-17-12-16(2-4-19(17)34-22)28-8-10-32-11-9-28/h2-5,12H,6-11,13-15H2,1H3,(H,27,29). The molecule has 1 aromatic carbocycles. The second kappa shape index (κ2) is 7.08. The summed E-state index contributed by atoms with van der Waals surface area (Å²) < 4.78 is 35.7. The van der Waals surface area contributed by atoms with E-state index >= 15 is 0 Å². The molecule has 2 bridgehead atoms. The quantitative estimate of drug-likeness (QED) is 0.539. The number of amides is 1. The number of nitrogens with one attached hydrogen (secondary N) is 1. The maximum Gasteiger partial charge on any atom is 0.287 e. The Morgan fingerprint density at radius 3 is 2.54 bits per heavy atom. The molecule has 3 aromatic rings. The van der Waals surface area contributed by atoms with Gasteiger partial charge in [-0.3, -0.25) is 4.79 Å². The molecule has 0 spiro atoms. The Bertz CT molecular complexity index is 1440. The van der Waals surface area contributed by atoms with Gasteiger partial charge in [0.1, 0.15) is 15.5 Å². The number of fused-ring (bicyclic) bond motifs is 1. The van der Waals surface area contributed by atoms with E-state index in [1.807, 2.05) is 0 Å². The van der Waals surface area contributed by atoms with Crippen LogP contribution >= 0.6 is 11.3 Å². The van der Waals surface area contributed by atoms with Crippen LogP contribution in [-0.4, -0.2) is 57.4 Å². The lowest BCUT2D eigenvalue weighted by atomic mass is 9.39. The predicted octanol–water partition coefficient (Wildman–Crippen LogP) is 3.36. The van der Waals surface area contributed by atoms with Crippen molar-refractivity contribution in [2.45, 2.75) is 47.8 Å². The van der Waals surface area contributed by atoms with Gasteiger partial charge in [-0.15, -0.1) is 11.3 Å². The SMILES string of the molecule is CS(=O)(=O)C1(c2ccc(C(=O)NC34CC(c5nc6cc(N7CCOCC7)ccc6s5)(C3)C4)o2)CC1. The molecule has 1 amide bonds. The maximum absolute atomic E-state index is 12.9. The van der Waals surface area contributed by atoms with Crippen molar-refractivity contribution >= 4 is 43.0 Å². The van der Waals surface area contributed by atoms with Crippen molar-refractivity contribution in [1.82, 2.24) is 10.3 Å². The third-order valence-corrected chi connectivity index (χ3v) is 11.6. The summed E-state index contributed by atoms with van der Waals surface area (Å²) in [6, 6.07) is 9.76. The van der Waals surface area contributed by atoms with Crippen molar-refractivity contribution in [2.75, 3.05) is 37.5 Å². The van der Waals surface area contributed by atoms with Gasteiger partial charge in [0, 0.05) is 36.0 Å². The van der Waals surface area contributed by atoms with Gasteiger partial charge in [-0.25, -0.2) is 13.4 Å². The van der Waals surface area contributed by atoms with Crippen LogP contribution < -0.4 is 10.2 Å². The number of carbonyl (C=O) groups excluding carboxylic acids is 1. The number of nitrogens with zero attached hydrogens (tertiary/aromatic N) is 2. The highest BCUT2D eigenvalue weighted by molar-refractivity contribution is 7.91. The van der Waals surface area contributed by atoms with E-state index in [4.69, 9.17) is 14.1 Å². The number of hydrogen-bond acceptors (Lipinski definition) is 8. The van der Waals surface area contributed by atoms with Crippen molar-refractivity contribution < 1.29 is 22.4 Å². The molecule has 2 aromatic heterocycles. The Kier molecular flexibility index (Phi) is 4.41. The number of aromatic nitrogens is 1. The van der Waals surface area contributed by atoms with E-state index in [2.05, 4.69) is 28.4 Å². The summed E-state index contributed by atoms with van der Waals surface area (Å²) in [6.07, 6.45) is 4.95. The van der Waals surface area contributed by atoms with Gasteiger partial charge in [-0.2, -0.15) is 0 Å². The van der Waals surface area contributed by atoms with E-state index in [1.165, 1.54) is 16.6 Å². The normalized spacial score (nSPS) is 28.9. The molecule has 1 N–H and O–H groups in total. The van der Waals surface area contributed by atoms with E-state index in [0.29, 0.717) is 18.6 Å². The molecule has 0 radical (unpaired) electrons. The van der Waals surface area contributed by atoms with Gasteiger partial charge in [0.15, 0.2) is 15.6 Å². The number of furan rings is 1. The number of benzene rings is 1. The molecule has 4 aliphatic carbocycles. The molecule has 8 nitrogen and oxygen atoms in total. The number of thiazole rings is 1. The molecule has 0 unspecified atom stereocenters. The highest BCUT2D eigenvalue weighted by atomic mass is 32.2. The molecule has 10 heteroatoms. The molecular weight excluding hydrogens is 486 g/mol. The van der Waals surface area contributed by atoms with E-state index in [9.17, 15) is 13.2 Å². The molecule has 0 atom stereocenters. The van der Waals surface area contributed by atoms with Crippen LogP contribution in [0.1, 0.15) is 53.4 Å². The van der Waals surface area contributed by atoms with Crippen LogP contribution in [0.25, 0.3) is 10.2 Å². The second-order valence-electron chi connectivity index (χ2n) is 10.7. The van der Waals surface area contributed by atoms with Crippen LogP contribution in [0.4, 0.5) is 5.69 Å². The van der Waals surface area contributed by atoms with Crippen LogP contribution in [0.5, 0.6) is 0 Å². The Labute approximate surface area is 207 Å². The average molecular weight is 514 g/mol. The number of anilines is 1. The summed E-state index contributed by atoms with van der Waals surface area (Å²) in [7, 11) is -3.28. The second-order valence-corrected chi connectivity index (χ2v) is 14.1. The third kappa shape index (κ3) is 3.22. The topological polar surface area (TPSA) is 102 Å². The highest BCUT2D eigenvalue weighted by Crippen LogP contribution is 2.68. The molecule has 3 heterocycles. The summed E-state index contributed by atoms with van der Waals surface area (Å²) in [5.41, 5.74) is 2.08. The van der Waals surface area contributed by atoms with Gasteiger partial charge < -0.3 is 19.4 Å². The summed E-state index contributed by atoms with van der Waals surface area (Å²) >= 11 is 1.76. The molecule has 1 saturated heterocycles. The largest absolute Gasteiger partial charge is 0.454 e. The summed E-state index contributed by atoms with van der Waals surface area (Å²) in [5, 5.41) is 4.31. The first-order chi connectivity index (χ1) is 16.7. The van der Waals surface area contributed by atoms with Crippen LogP contribution in [0.3, 0.4) is 0 Å². The fourth-order valence-corrected chi connectivity index (χ4v) is 8.68. The number of rotatable bonds is 6. The molecule has 35 heavy (non-hydrogen) atoms. The zero-order valence-corrected chi connectivity index (χ0v) is 21.1. The first-order valence-electron chi connectivity index (χ1n) is 12.1. The van der Waals surface area contributed by atoms with Crippen LogP contribution in [0, 0.1) is 0 Å². The van der Waals surface area contributed by atoms with E-state index in [-0.39, 0.29) is 22.6 Å². The molecule has 8 rings (SSSR count). The van der Waals surface area contributed by atoms with E-state index < -0.39 is 14.6 Å². The van der Waals surface area contributed by atoms with E-state index in [0.717, 1.165) is 56.1 Å². The lowest BCUT2D eigenvalue weighted by molar-refractivity contribution is -0.0811. The van der Waals surface area contributed by atoms with Gasteiger partial charge in [0.2, 0.25) is 0 Å². The Balaban J connectivity index is 1.03. The fraction of sp³-hybridized carbons (Fsp3) is 0.520. The van der Waals surface area contributed by atoms with Crippen molar-refractivity contribution in [3.05, 3.63) is 46.9 Å². The Hall–Kier alpha value is -2.43. The Morgan fingerprint density at radius 1 is 1.11 bits per heavy atom. The van der Waals surface area contributed by atoms with Gasteiger partial charge in [0.05, 0.1) is 23.4 Å². The van der Waals surface area contributed by atoms with Crippen LogP contribution in [0.2, 0.25) is 0 Å². The summed E-state index contributed by atoms with van der Waals surface area (Å²) in [6.45, 7) is 3.33. The number of ether oxygens (including phenoxy) is 1. The first kappa shape index (κ1) is 21.8. The smallest absolute Gasteiger partial charge is 0.287 e. The maximum atomic E-state index is 12.9. The minimum absolute atomic E-state index is 0.0543. The van der Waals surface area contributed by atoms with Gasteiger partial charge >= 0.3 is 0 Å². The van der Waals surface area contributed by atoms with Crippen molar-refractivity contribution in [3.63, 3.8) is 0 Å². The molecule has 5 fully saturated rings. The van der Waals surface area contributed by atoms with Crippen LogP contribution in [0.15, 0.2) is 34.7 Å². The predicted molar refractivity (Wildman–Crippen MR) is 133 cm³/mol. The molecule has 1 aliphatic heterocycles. The van der Waals surface area contributed by atoms with Gasteiger partial charge in [0.25, 0.3) is 5.91 Å². The zero-order chi connectivity index (χ0) is 24.1. The average Bonchev–Trinajstić information content (AvgIpc) is 3.28. The van der Waals surface area contributed by atoms with Gasteiger partial charge in [-0.1, -0.05) is 0 Å². The minimum Gasteiger partial charge on any atom is -0.454 e. The van der Waals surface area contributed by atoms with E-state index in [1.54, 1.807) is 23.5 Å². The fourth-order valence-electron chi connectivity index (χ4n) is 6.23. The summed E-state index contributed by atoms with van der Waals surface area (Å²) in [5.74, 6) is 0.294. The monoisotopic (exact) mass is 513 g/mol. The third-order valence-electron chi connectivity index (χ3n) is 8.30. The molecule has 4 saturated carbocycles. The minimum atomic E-state index is -3.28. The highest BCUT2D eigenvalue weighted by Gasteiger charge is 2.70. The lowest BCUT2D eigenvalue weighted by Crippen LogP contribution is -2.76. The number of hydrogen-bond donors (Lipinski definition) is 1. The molecular formula is C25H27N3O5S2. The zero-order valence-electron chi connectivity index (χ0n) is 19.5.